The first-order valence-corrected chi connectivity index (χ1v) is 34.1. The summed E-state index contributed by atoms with van der Waals surface area (Å²) >= 11 is 0. The van der Waals surface area contributed by atoms with E-state index in [1.807, 2.05) is 21.1 Å². The highest BCUT2D eigenvalue weighted by Gasteiger charge is 2.27. The number of ether oxygens (including phenoxy) is 2. The average Bonchev–Trinajstić information content (AvgIpc) is 3.46. The van der Waals surface area contributed by atoms with Crippen LogP contribution in [0, 0.1) is 0 Å². The standard InChI is InChI=1S/C72H120NO8P/c1-6-8-10-12-14-16-18-20-22-24-26-28-30-32-33-34-35-36-37-38-39-41-43-45-47-49-51-53-55-57-59-61-63-65-72(75)81-70(69-80-82(76,77)79-67-66-73(3,4)5)68-78-71(74)64-62-60-58-56-54-52-50-48-46-44-42-40-31-29-27-25-23-21-19-17-15-13-11-9-7-2/h8,10,14,16,19-22,25-28,31-33,35-36,38-40,43,45,49,51,70H,6-7,9,11-13,15,17-18,23-24,29-30,34,37,41-42,44,46-48,50,52-69H2,1-5H3/p+1/b10-8-,16-14-,21-19-,22-20-,27-25-,28-26-,33-32-,36-35-,39-38-,40-31-,45-43-,51-49-. The molecule has 0 aromatic rings. The number of rotatable bonds is 58. The highest BCUT2D eigenvalue weighted by atomic mass is 31.2. The Hall–Kier alpha value is -4.11. The lowest BCUT2D eigenvalue weighted by molar-refractivity contribution is -0.870. The molecule has 0 aliphatic rings. The van der Waals surface area contributed by atoms with Gasteiger partial charge in [-0.05, 0) is 122 Å². The summed E-state index contributed by atoms with van der Waals surface area (Å²) in [6.45, 7) is 4.27. The van der Waals surface area contributed by atoms with E-state index in [2.05, 4.69) is 160 Å². The molecule has 0 aliphatic carbocycles. The van der Waals surface area contributed by atoms with E-state index < -0.39 is 26.5 Å². The van der Waals surface area contributed by atoms with Gasteiger partial charge in [0, 0.05) is 12.8 Å². The third-order valence-corrected chi connectivity index (χ3v) is 14.3. The van der Waals surface area contributed by atoms with Gasteiger partial charge in [0.05, 0.1) is 27.7 Å². The molecule has 0 heterocycles. The van der Waals surface area contributed by atoms with E-state index in [0.29, 0.717) is 17.4 Å². The summed E-state index contributed by atoms with van der Waals surface area (Å²) in [4.78, 5) is 35.8. The quantitative estimate of drug-likeness (QED) is 0.0211. The second kappa shape index (κ2) is 61.5. The SMILES string of the molecule is CC/C=C\C/C=C\C/C=C\C/C=C\C/C=C\C/C=C\C/C=C\C/C=C\C/C=C\CCCCCCCC(=O)OC(COC(=O)CCCCCCCCCCCC/C=C\C/C=C\C/C=C\CCCCCCC)COP(=O)(O)OCC[N+](C)(C)C. The molecule has 10 heteroatoms. The Morgan fingerprint density at radius 3 is 1.04 bits per heavy atom. The monoisotopic (exact) mass is 1160 g/mol. The Kier molecular flexibility index (Phi) is 58.4. The highest BCUT2D eigenvalue weighted by Crippen LogP contribution is 2.43. The zero-order chi connectivity index (χ0) is 59.8. The fourth-order valence-corrected chi connectivity index (χ4v) is 9.11. The lowest BCUT2D eigenvalue weighted by atomic mass is 10.1. The van der Waals surface area contributed by atoms with Crippen LogP contribution in [0.2, 0.25) is 0 Å². The predicted molar refractivity (Wildman–Crippen MR) is 353 cm³/mol. The Morgan fingerprint density at radius 1 is 0.390 bits per heavy atom. The van der Waals surface area contributed by atoms with E-state index in [-0.39, 0.29) is 32.0 Å². The fourth-order valence-electron chi connectivity index (χ4n) is 8.37. The maximum absolute atomic E-state index is 12.9. The molecule has 0 bridgehead atoms. The Bertz CT molecular complexity index is 1890. The summed E-state index contributed by atoms with van der Waals surface area (Å²) < 4.78 is 34.6. The molecule has 0 rings (SSSR count). The number of unbranched alkanes of at least 4 members (excludes halogenated alkanes) is 20. The van der Waals surface area contributed by atoms with Crippen molar-refractivity contribution in [2.45, 2.75) is 251 Å². The summed E-state index contributed by atoms with van der Waals surface area (Å²) in [5, 5.41) is 0. The van der Waals surface area contributed by atoms with Crippen LogP contribution in [0.5, 0.6) is 0 Å². The van der Waals surface area contributed by atoms with Gasteiger partial charge in [0.2, 0.25) is 0 Å². The summed E-state index contributed by atoms with van der Waals surface area (Å²) in [6.07, 6.45) is 90.7. The lowest BCUT2D eigenvalue weighted by Gasteiger charge is -2.24. The van der Waals surface area contributed by atoms with Crippen LogP contribution < -0.4 is 0 Å². The van der Waals surface area contributed by atoms with Gasteiger partial charge in [0.1, 0.15) is 19.8 Å². The number of likely N-dealkylation sites (N-methyl/N-ethyl adjacent to an activating group) is 1. The van der Waals surface area contributed by atoms with Crippen molar-refractivity contribution in [3.63, 3.8) is 0 Å². The van der Waals surface area contributed by atoms with Gasteiger partial charge in [-0.25, -0.2) is 4.57 Å². The van der Waals surface area contributed by atoms with E-state index in [1.54, 1.807) is 0 Å². The van der Waals surface area contributed by atoms with Crippen LogP contribution >= 0.6 is 7.82 Å². The van der Waals surface area contributed by atoms with E-state index in [0.717, 1.165) is 135 Å². The number of allylic oxidation sites excluding steroid dienone is 24. The first-order valence-electron chi connectivity index (χ1n) is 32.6. The minimum absolute atomic E-state index is 0.0188. The van der Waals surface area contributed by atoms with Crippen molar-refractivity contribution < 1.29 is 42.1 Å². The number of carbonyl (C=O) groups is 2. The number of hydrogen-bond acceptors (Lipinski definition) is 7. The topological polar surface area (TPSA) is 108 Å². The van der Waals surface area contributed by atoms with Gasteiger partial charge >= 0.3 is 19.8 Å². The van der Waals surface area contributed by atoms with E-state index in [1.165, 1.54) is 77.0 Å². The van der Waals surface area contributed by atoms with Crippen LogP contribution in [0.4, 0.5) is 0 Å². The van der Waals surface area contributed by atoms with Gasteiger partial charge < -0.3 is 18.9 Å². The Labute approximate surface area is 503 Å². The zero-order valence-corrected chi connectivity index (χ0v) is 53.8. The third kappa shape index (κ3) is 65.0. The molecule has 0 aromatic carbocycles. The van der Waals surface area contributed by atoms with Crippen molar-refractivity contribution >= 4 is 19.8 Å². The molecule has 0 amide bonds. The second-order valence-corrected chi connectivity index (χ2v) is 23.9. The van der Waals surface area contributed by atoms with Crippen LogP contribution in [0.15, 0.2) is 146 Å². The molecule has 0 aromatic heterocycles. The van der Waals surface area contributed by atoms with Gasteiger partial charge in [-0.2, -0.15) is 0 Å². The van der Waals surface area contributed by atoms with Crippen molar-refractivity contribution in [3.05, 3.63) is 146 Å². The maximum atomic E-state index is 12.9. The number of carbonyl (C=O) groups excluding carboxylic acids is 2. The van der Waals surface area contributed by atoms with Crippen molar-refractivity contribution in [2.24, 2.45) is 0 Å². The number of phosphoric acid groups is 1. The number of hydrogen-bond donors (Lipinski definition) is 1. The van der Waals surface area contributed by atoms with Crippen LogP contribution in [-0.2, 0) is 32.7 Å². The van der Waals surface area contributed by atoms with E-state index in [9.17, 15) is 19.0 Å². The molecule has 0 saturated carbocycles. The molecule has 2 unspecified atom stereocenters. The molecule has 0 saturated heterocycles. The molecule has 1 N–H and O–H groups in total. The van der Waals surface area contributed by atoms with Crippen LogP contribution in [0.25, 0.3) is 0 Å². The summed E-state index contributed by atoms with van der Waals surface area (Å²) in [7, 11) is 1.44. The fraction of sp³-hybridized carbons (Fsp3) is 0.639. The summed E-state index contributed by atoms with van der Waals surface area (Å²) in [5.74, 6) is -0.832. The molecule has 0 fully saturated rings. The van der Waals surface area contributed by atoms with Crippen LogP contribution in [0.3, 0.4) is 0 Å². The smallest absolute Gasteiger partial charge is 0.462 e. The minimum Gasteiger partial charge on any atom is -0.462 e. The zero-order valence-electron chi connectivity index (χ0n) is 52.9. The average molecular weight is 1160 g/mol. The van der Waals surface area contributed by atoms with Gasteiger partial charge in [0.25, 0.3) is 0 Å². The van der Waals surface area contributed by atoms with Gasteiger partial charge in [0.15, 0.2) is 6.10 Å². The molecule has 466 valence electrons. The Balaban J connectivity index is 4.22. The molecular weight excluding hydrogens is 1040 g/mol. The number of nitrogens with zero attached hydrogens (tertiary/aromatic N) is 1. The highest BCUT2D eigenvalue weighted by molar-refractivity contribution is 7.47. The summed E-state index contributed by atoms with van der Waals surface area (Å²) in [5.41, 5.74) is 0. The third-order valence-electron chi connectivity index (χ3n) is 13.4. The molecule has 0 radical (unpaired) electrons. The van der Waals surface area contributed by atoms with Crippen molar-refractivity contribution in [3.8, 4) is 0 Å². The Morgan fingerprint density at radius 2 is 0.695 bits per heavy atom. The van der Waals surface area contributed by atoms with Gasteiger partial charge in [-0.3, -0.25) is 18.6 Å². The van der Waals surface area contributed by atoms with E-state index in [4.69, 9.17) is 18.5 Å². The first-order chi connectivity index (χ1) is 40.0. The van der Waals surface area contributed by atoms with Gasteiger partial charge in [-0.15, -0.1) is 0 Å². The predicted octanol–water partition coefficient (Wildman–Crippen LogP) is 21.0. The molecule has 0 spiro atoms. The van der Waals surface area contributed by atoms with Crippen LogP contribution in [-0.4, -0.2) is 74.9 Å². The molecule has 9 nitrogen and oxygen atoms in total. The normalized spacial score (nSPS) is 14.2. The number of esters is 2. The van der Waals surface area contributed by atoms with Crippen molar-refractivity contribution in [1.29, 1.82) is 0 Å². The van der Waals surface area contributed by atoms with Crippen molar-refractivity contribution in [1.82, 2.24) is 0 Å². The van der Waals surface area contributed by atoms with E-state index >= 15 is 0 Å². The number of phosphoric ester groups is 1. The lowest BCUT2D eigenvalue weighted by Crippen LogP contribution is -2.37. The van der Waals surface area contributed by atoms with Gasteiger partial charge in [-0.1, -0.05) is 256 Å². The largest absolute Gasteiger partial charge is 0.472 e. The maximum Gasteiger partial charge on any atom is 0.472 e. The van der Waals surface area contributed by atoms with Crippen LogP contribution in [0.1, 0.15) is 245 Å². The molecule has 82 heavy (non-hydrogen) atoms. The first kappa shape index (κ1) is 77.9. The molecular formula is C72H121NO8P+. The molecule has 0 aliphatic heterocycles. The summed E-state index contributed by atoms with van der Waals surface area (Å²) in [6, 6.07) is 0. The van der Waals surface area contributed by atoms with Crippen molar-refractivity contribution in [2.75, 3.05) is 47.5 Å². The number of quaternary nitrogens is 1. The minimum atomic E-state index is -4.41. The molecule has 2 atom stereocenters. The second-order valence-electron chi connectivity index (χ2n) is 22.4.